The van der Waals surface area contributed by atoms with Gasteiger partial charge in [-0.2, -0.15) is 0 Å². The van der Waals surface area contributed by atoms with Gasteiger partial charge >= 0.3 is 0 Å². The van der Waals surface area contributed by atoms with E-state index in [9.17, 15) is 9.59 Å². The zero-order valence-corrected chi connectivity index (χ0v) is 19.0. The minimum absolute atomic E-state index is 0.339. The molecule has 2 heterocycles. The van der Waals surface area contributed by atoms with Crippen molar-refractivity contribution in [3.05, 3.63) is 35.1 Å². The van der Waals surface area contributed by atoms with E-state index in [2.05, 4.69) is 10.3 Å². The fraction of sp³-hybridized carbons (Fsp3) is 0.591. The number of hydrogen-bond donors (Lipinski definition) is 2. The Hall–Kier alpha value is -2.37. The molecule has 32 heavy (non-hydrogen) atoms. The average Bonchev–Trinajstić information content (AvgIpc) is 3.09. The van der Waals surface area contributed by atoms with Crippen LogP contribution in [0.15, 0.2) is 40.1 Å². The number of aliphatic imine (C=N–C) groups is 1. The topological polar surface area (TPSA) is 119 Å². The van der Waals surface area contributed by atoms with Crippen molar-refractivity contribution in [2.45, 2.75) is 13.3 Å². The minimum atomic E-state index is -0.351. The summed E-state index contributed by atoms with van der Waals surface area (Å²) in [5.74, 6) is -0.690. The van der Waals surface area contributed by atoms with Crippen molar-refractivity contribution in [3.63, 3.8) is 0 Å². The molecule has 2 aliphatic heterocycles. The lowest BCUT2D eigenvalue weighted by Crippen LogP contribution is -2.29. The Labute approximate surface area is 189 Å². The number of ether oxygens (including phenoxy) is 3. The van der Waals surface area contributed by atoms with Crippen LogP contribution in [0.25, 0.3) is 0 Å². The minimum Gasteiger partial charge on any atom is -0.378 e. The Balaban J connectivity index is 1.69. The van der Waals surface area contributed by atoms with Gasteiger partial charge < -0.3 is 24.8 Å². The molecular weight excluding hydrogens is 414 g/mol. The van der Waals surface area contributed by atoms with Gasteiger partial charge in [0.05, 0.1) is 45.2 Å². The molecule has 0 saturated heterocycles. The third-order valence-electron chi connectivity index (χ3n) is 4.95. The first kappa shape index (κ1) is 25.9. The van der Waals surface area contributed by atoms with Crippen molar-refractivity contribution >= 4 is 18.0 Å². The lowest BCUT2D eigenvalue weighted by molar-refractivity contribution is -0.124. The van der Waals surface area contributed by atoms with Crippen LogP contribution >= 0.6 is 0 Å². The Kier molecular flexibility index (Phi) is 11.8. The summed E-state index contributed by atoms with van der Waals surface area (Å²) in [4.78, 5) is 32.3. The van der Waals surface area contributed by atoms with E-state index in [1.54, 1.807) is 13.1 Å². The largest absolute Gasteiger partial charge is 0.378 e. The summed E-state index contributed by atoms with van der Waals surface area (Å²) in [7, 11) is 1.94. The van der Waals surface area contributed by atoms with Gasteiger partial charge in [0, 0.05) is 37.7 Å². The van der Waals surface area contributed by atoms with E-state index in [0.717, 1.165) is 12.1 Å². The van der Waals surface area contributed by atoms with E-state index in [4.69, 9.17) is 19.9 Å². The van der Waals surface area contributed by atoms with Crippen LogP contribution in [-0.2, 0) is 23.8 Å². The molecule has 0 bridgehead atoms. The van der Waals surface area contributed by atoms with Gasteiger partial charge in [0.2, 0.25) is 0 Å². The fourth-order valence-corrected chi connectivity index (χ4v) is 3.05. The van der Waals surface area contributed by atoms with Crippen molar-refractivity contribution in [1.82, 2.24) is 15.1 Å². The van der Waals surface area contributed by atoms with E-state index >= 15 is 0 Å². The van der Waals surface area contributed by atoms with Crippen LogP contribution in [0.3, 0.4) is 0 Å². The van der Waals surface area contributed by atoms with E-state index in [1.807, 2.05) is 35.2 Å². The third kappa shape index (κ3) is 9.01. The highest BCUT2D eigenvalue weighted by atomic mass is 16.5. The Morgan fingerprint density at radius 1 is 1.09 bits per heavy atom. The molecule has 0 aromatic heterocycles. The number of carbonyl (C=O) groups excluding carboxylic acids is 2. The van der Waals surface area contributed by atoms with Gasteiger partial charge in [0.25, 0.3) is 11.8 Å². The lowest BCUT2D eigenvalue weighted by atomic mass is 10.00. The van der Waals surface area contributed by atoms with Gasteiger partial charge in [0.1, 0.15) is 6.67 Å². The second kappa shape index (κ2) is 14.6. The molecule has 0 spiro atoms. The average molecular weight is 450 g/mol. The van der Waals surface area contributed by atoms with Crippen molar-refractivity contribution in [3.8, 4) is 0 Å². The van der Waals surface area contributed by atoms with Crippen molar-refractivity contribution in [2.75, 3.05) is 73.1 Å². The number of likely N-dealkylation sites (N-methyl/N-ethyl adjacent to an activating group) is 1. The predicted molar refractivity (Wildman–Crippen MR) is 122 cm³/mol. The number of rotatable bonds is 14. The molecule has 0 aliphatic carbocycles. The van der Waals surface area contributed by atoms with Gasteiger partial charge in [-0.15, -0.1) is 0 Å². The lowest BCUT2D eigenvalue weighted by Gasteiger charge is -2.20. The summed E-state index contributed by atoms with van der Waals surface area (Å²) in [5.41, 5.74) is 7.17. The third-order valence-corrected chi connectivity index (χ3v) is 4.95. The number of nitrogens with zero attached hydrogens (tertiary/aromatic N) is 3. The zero-order valence-electron chi connectivity index (χ0n) is 19.0. The monoisotopic (exact) mass is 449 g/mol. The predicted octanol–water partition coefficient (Wildman–Crippen LogP) is 0.0312. The van der Waals surface area contributed by atoms with Gasteiger partial charge in [-0.3, -0.25) is 24.8 Å². The maximum atomic E-state index is 12.2. The molecule has 0 saturated carbocycles. The maximum absolute atomic E-state index is 12.2. The van der Waals surface area contributed by atoms with Gasteiger partial charge in [-0.25, -0.2) is 0 Å². The SMILES string of the molecule is CC1=C(/C2=C/N(CCOCCOCCOCCN(C)CN)CN=C/C=C\C2)C(=O)NC1=O. The van der Waals surface area contributed by atoms with Crippen LogP contribution in [-0.4, -0.2) is 101 Å². The maximum Gasteiger partial charge on any atom is 0.258 e. The number of carbonyl (C=O) groups is 2. The number of imide groups is 1. The first-order chi connectivity index (χ1) is 15.5. The van der Waals surface area contributed by atoms with Crippen LogP contribution in [0.5, 0.6) is 0 Å². The molecule has 10 nitrogen and oxygen atoms in total. The summed E-state index contributed by atoms with van der Waals surface area (Å²) >= 11 is 0. The summed E-state index contributed by atoms with van der Waals surface area (Å²) in [5, 5.41) is 2.35. The highest BCUT2D eigenvalue weighted by Crippen LogP contribution is 2.24. The fourth-order valence-electron chi connectivity index (χ4n) is 3.05. The number of nitrogens with two attached hydrogens (primary N) is 1. The van der Waals surface area contributed by atoms with Crippen LogP contribution < -0.4 is 11.1 Å². The van der Waals surface area contributed by atoms with Crippen LogP contribution in [0.2, 0.25) is 0 Å². The first-order valence-electron chi connectivity index (χ1n) is 10.8. The highest BCUT2D eigenvalue weighted by molar-refractivity contribution is 6.21. The summed E-state index contributed by atoms with van der Waals surface area (Å²) < 4.78 is 16.6. The highest BCUT2D eigenvalue weighted by Gasteiger charge is 2.29. The van der Waals surface area contributed by atoms with Crippen LogP contribution in [0, 0.1) is 0 Å². The van der Waals surface area contributed by atoms with Gasteiger partial charge in [-0.1, -0.05) is 6.08 Å². The quantitative estimate of drug-likeness (QED) is 0.217. The zero-order chi connectivity index (χ0) is 23.2. The van der Waals surface area contributed by atoms with Gasteiger partial charge in [0.15, 0.2) is 0 Å². The molecule has 0 aromatic rings. The molecule has 0 radical (unpaired) electrons. The molecule has 0 atom stereocenters. The molecule has 0 aromatic carbocycles. The van der Waals surface area contributed by atoms with E-state index in [-0.39, 0.29) is 11.8 Å². The number of hydrogen-bond acceptors (Lipinski definition) is 9. The molecule has 2 amide bonds. The van der Waals surface area contributed by atoms with E-state index in [0.29, 0.717) is 77.1 Å². The standard InChI is InChI=1S/C22H35N5O5/c1-18-20(22(29)25-21(18)28)19-5-3-4-6-24-17-27(15-19)8-10-31-12-14-32-13-11-30-9-7-26(2)16-23/h3-4,6,15H,5,7-14,16-17,23H2,1-2H3,(H,25,28,29)/b4-3-,19-15+,24-6?. The molecule has 0 unspecified atom stereocenters. The Bertz CT molecular complexity index is 747. The Morgan fingerprint density at radius 2 is 1.78 bits per heavy atom. The number of allylic oxidation sites excluding steroid dienone is 2. The molecule has 3 N–H and O–H groups in total. The summed E-state index contributed by atoms with van der Waals surface area (Å²) in [6.07, 6.45) is 7.92. The summed E-state index contributed by atoms with van der Waals surface area (Å²) in [6.45, 7) is 7.15. The summed E-state index contributed by atoms with van der Waals surface area (Å²) in [6, 6.07) is 0. The van der Waals surface area contributed by atoms with Crippen LogP contribution in [0.4, 0.5) is 0 Å². The molecule has 0 fully saturated rings. The smallest absolute Gasteiger partial charge is 0.258 e. The van der Waals surface area contributed by atoms with Gasteiger partial charge in [-0.05, 0) is 32.0 Å². The molecule has 178 valence electrons. The van der Waals surface area contributed by atoms with Crippen LogP contribution in [0.1, 0.15) is 13.3 Å². The Morgan fingerprint density at radius 3 is 2.44 bits per heavy atom. The molecule has 2 rings (SSSR count). The second-order valence-corrected chi connectivity index (χ2v) is 7.45. The first-order valence-corrected chi connectivity index (χ1v) is 10.8. The number of nitrogens with one attached hydrogen (secondary N) is 1. The molecular formula is C22H35N5O5. The number of amides is 2. The van der Waals surface area contributed by atoms with E-state index < -0.39 is 0 Å². The van der Waals surface area contributed by atoms with Crippen molar-refractivity contribution in [1.29, 1.82) is 0 Å². The molecule has 2 aliphatic rings. The normalized spacial score (nSPS) is 19.6. The van der Waals surface area contributed by atoms with E-state index in [1.165, 1.54) is 0 Å². The van der Waals surface area contributed by atoms with Crippen molar-refractivity contribution in [2.24, 2.45) is 10.7 Å². The van der Waals surface area contributed by atoms with Crippen molar-refractivity contribution < 1.29 is 23.8 Å². The second-order valence-electron chi connectivity index (χ2n) is 7.45. The molecule has 10 heteroatoms.